The molecular formula is C21H29N9O3. The number of imidazole rings is 1. The van der Waals surface area contributed by atoms with Gasteiger partial charge < -0.3 is 25.8 Å². The van der Waals surface area contributed by atoms with Crippen molar-refractivity contribution in [2.45, 2.75) is 26.3 Å². The highest BCUT2D eigenvalue weighted by Gasteiger charge is 2.23. The van der Waals surface area contributed by atoms with Crippen LogP contribution in [0.1, 0.15) is 25.3 Å². The number of hydrogen-bond acceptors (Lipinski definition) is 9. The van der Waals surface area contributed by atoms with Crippen LogP contribution in [0.2, 0.25) is 0 Å². The Morgan fingerprint density at radius 2 is 2.00 bits per heavy atom. The average molecular weight is 456 g/mol. The Hall–Kier alpha value is -3.67. The molecule has 1 aliphatic heterocycles. The first kappa shape index (κ1) is 22.5. The van der Waals surface area contributed by atoms with E-state index in [9.17, 15) is 14.9 Å². The van der Waals surface area contributed by atoms with E-state index in [0.29, 0.717) is 34.9 Å². The second kappa shape index (κ2) is 9.45. The number of fused-ring (bicyclic) bond motifs is 1. The second-order valence-corrected chi connectivity index (χ2v) is 8.30. The molecule has 4 rings (SSSR count). The summed E-state index contributed by atoms with van der Waals surface area (Å²) in [6, 6.07) is 5.11. The van der Waals surface area contributed by atoms with Crippen molar-refractivity contribution >= 4 is 34.3 Å². The summed E-state index contributed by atoms with van der Waals surface area (Å²) < 4.78 is 1.42. The number of nitrogens with one attached hydrogen (secondary N) is 2. The smallest absolute Gasteiger partial charge is 0.328 e. The number of piperazine rings is 1. The van der Waals surface area contributed by atoms with Crippen LogP contribution >= 0.6 is 0 Å². The topological polar surface area (TPSA) is 151 Å². The zero-order valence-corrected chi connectivity index (χ0v) is 18.9. The van der Waals surface area contributed by atoms with Gasteiger partial charge in [0, 0.05) is 38.8 Å². The standard InChI is InChI=1S/C21H29N9O3/c1-3-4-7-23-20-25-18(22)17-19(26-20)29(21(31)24-17)13-14-5-6-15(16(12-14)30(32)33)28-10-8-27(2)9-11-28/h5-6,12H,3-4,7-11,13H2,1-2H3,(H,24,31)(H3,22,23,25,26). The number of unbranched alkanes of at least 4 members (excludes halogenated alkanes) is 1. The first-order valence-corrected chi connectivity index (χ1v) is 11.1. The molecule has 176 valence electrons. The zero-order valence-electron chi connectivity index (χ0n) is 18.9. The van der Waals surface area contributed by atoms with Crippen molar-refractivity contribution in [3.05, 3.63) is 44.4 Å². The van der Waals surface area contributed by atoms with Crippen molar-refractivity contribution in [2.75, 3.05) is 55.7 Å². The maximum absolute atomic E-state index is 12.6. The molecule has 3 aromatic rings. The molecule has 0 unspecified atom stereocenters. The highest BCUT2D eigenvalue weighted by molar-refractivity contribution is 5.83. The maximum atomic E-state index is 12.6. The molecule has 1 aliphatic rings. The third-order valence-electron chi connectivity index (χ3n) is 5.89. The van der Waals surface area contributed by atoms with E-state index in [4.69, 9.17) is 5.73 Å². The van der Waals surface area contributed by atoms with Crippen LogP contribution in [-0.2, 0) is 6.54 Å². The largest absolute Gasteiger partial charge is 0.382 e. The fourth-order valence-corrected chi connectivity index (χ4v) is 3.97. The zero-order chi connectivity index (χ0) is 23.5. The van der Waals surface area contributed by atoms with Gasteiger partial charge in [0.2, 0.25) is 5.95 Å². The molecule has 3 heterocycles. The van der Waals surface area contributed by atoms with Crippen LogP contribution in [0.15, 0.2) is 23.0 Å². The lowest BCUT2D eigenvalue weighted by Gasteiger charge is -2.33. The molecule has 0 atom stereocenters. The Kier molecular flexibility index (Phi) is 6.45. The van der Waals surface area contributed by atoms with E-state index in [2.05, 4.69) is 32.1 Å². The SMILES string of the molecule is CCCCNc1nc(N)c2[nH]c(=O)n(Cc3ccc(N4CCN(C)CC4)c([N+](=O)[O-])c3)c2n1. The van der Waals surface area contributed by atoms with Gasteiger partial charge in [-0.1, -0.05) is 19.4 Å². The first-order chi connectivity index (χ1) is 15.9. The minimum atomic E-state index is -0.400. The average Bonchev–Trinajstić information content (AvgIpc) is 3.10. The predicted octanol–water partition coefficient (Wildman–Crippen LogP) is 1.62. The minimum absolute atomic E-state index is 0.0287. The number of nitro groups is 1. The molecule has 1 aromatic carbocycles. The number of anilines is 3. The molecule has 2 aromatic heterocycles. The number of hydrogen-bond donors (Lipinski definition) is 3. The fraction of sp³-hybridized carbons (Fsp3) is 0.476. The number of H-pyrrole nitrogens is 1. The van der Waals surface area contributed by atoms with Gasteiger partial charge in [-0.3, -0.25) is 14.7 Å². The molecule has 0 saturated carbocycles. The van der Waals surface area contributed by atoms with Crippen LogP contribution < -0.4 is 21.6 Å². The van der Waals surface area contributed by atoms with Gasteiger partial charge in [-0.2, -0.15) is 9.97 Å². The quantitative estimate of drug-likeness (QED) is 0.261. The fourth-order valence-electron chi connectivity index (χ4n) is 3.97. The summed E-state index contributed by atoms with van der Waals surface area (Å²) in [6.07, 6.45) is 1.97. The number of nitrogen functional groups attached to an aromatic ring is 1. The first-order valence-electron chi connectivity index (χ1n) is 11.1. The summed E-state index contributed by atoms with van der Waals surface area (Å²) in [5.41, 5.74) is 7.60. The Balaban J connectivity index is 1.66. The van der Waals surface area contributed by atoms with Gasteiger partial charge in [-0.05, 0) is 25.1 Å². The number of rotatable bonds is 8. The number of aromatic nitrogens is 4. The number of nitrogens with zero attached hydrogens (tertiary/aromatic N) is 6. The number of nitro benzene ring substituents is 1. The van der Waals surface area contributed by atoms with Gasteiger partial charge in [-0.25, -0.2) is 4.79 Å². The summed E-state index contributed by atoms with van der Waals surface area (Å²) in [6.45, 7) is 6.03. The van der Waals surface area contributed by atoms with Crippen molar-refractivity contribution in [3.8, 4) is 0 Å². The van der Waals surface area contributed by atoms with Gasteiger partial charge in [0.15, 0.2) is 11.5 Å². The van der Waals surface area contributed by atoms with Gasteiger partial charge >= 0.3 is 5.69 Å². The third kappa shape index (κ3) is 4.75. The molecule has 4 N–H and O–H groups in total. The lowest BCUT2D eigenvalue weighted by atomic mass is 10.1. The van der Waals surface area contributed by atoms with E-state index in [-0.39, 0.29) is 23.0 Å². The van der Waals surface area contributed by atoms with Gasteiger partial charge in [0.05, 0.1) is 11.5 Å². The number of aromatic amines is 1. The van der Waals surface area contributed by atoms with E-state index in [1.165, 1.54) is 10.6 Å². The van der Waals surface area contributed by atoms with Gasteiger partial charge in [0.1, 0.15) is 11.2 Å². The predicted molar refractivity (Wildman–Crippen MR) is 128 cm³/mol. The lowest BCUT2D eigenvalue weighted by Crippen LogP contribution is -2.44. The number of benzene rings is 1. The van der Waals surface area contributed by atoms with E-state index in [1.807, 2.05) is 18.0 Å². The molecule has 33 heavy (non-hydrogen) atoms. The van der Waals surface area contributed by atoms with Crippen LogP contribution in [0.4, 0.5) is 23.1 Å². The summed E-state index contributed by atoms with van der Waals surface area (Å²) in [7, 11) is 2.04. The van der Waals surface area contributed by atoms with Crippen LogP contribution in [0, 0.1) is 10.1 Å². The molecule has 12 nitrogen and oxygen atoms in total. The molecule has 1 fully saturated rings. The Labute approximate surface area is 190 Å². The molecule has 0 spiro atoms. The second-order valence-electron chi connectivity index (χ2n) is 8.30. The van der Waals surface area contributed by atoms with Crippen molar-refractivity contribution in [1.29, 1.82) is 0 Å². The van der Waals surface area contributed by atoms with Gasteiger partial charge in [-0.15, -0.1) is 0 Å². The summed E-state index contributed by atoms with van der Waals surface area (Å²) in [5, 5.41) is 14.9. The van der Waals surface area contributed by atoms with Gasteiger partial charge in [0.25, 0.3) is 5.69 Å². The van der Waals surface area contributed by atoms with Crippen molar-refractivity contribution in [2.24, 2.45) is 0 Å². The lowest BCUT2D eigenvalue weighted by molar-refractivity contribution is -0.384. The van der Waals surface area contributed by atoms with E-state index >= 15 is 0 Å². The van der Waals surface area contributed by atoms with Crippen molar-refractivity contribution in [1.82, 2.24) is 24.4 Å². The van der Waals surface area contributed by atoms with E-state index in [1.54, 1.807) is 6.07 Å². The summed E-state index contributed by atoms with van der Waals surface area (Å²) >= 11 is 0. The monoisotopic (exact) mass is 455 g/mol. The van der Waals surface area contributed by atoms with Crippen LogP contribution in [0.5, 0.6) is 0 Å². The summed E-state index contributed by atoms with van der Waals surface area (Å²) in [4.78, 5) is 39.7. The summed E-state index contributed by atoms with van der Waals surface area (Å²) in [5.74, 6) is 0.517. The molecular weight excluding hydrogens is 426 g/mol. The van der Waals surface area contributed by atoms with Crippen molar-refractivity contribution in [3.63, 3.8) is 0 Å². The van der Waals surface area contributed by atoms with E-state index < -0.39 is 5.69 Å². The maximum Gasteiger partial charge on any atom is 0.328 e. The van der Waals surface area contributed by atoms with Crippen LogP contribution in [-0.4, -0.2) is 69.1 Å². The molecule has 0 aliphatic carbocycles. The third-order valence-corrected chi connectivity index (χ3v) is 5.89. The normalized spacial score (nSPS) is 14.7. The molecule has 1 saturated heterocycles. The molecule has 0 radical (unpaired) electrons. The van der Waals surface area contributed by atoms with Crippen LogP contribution in [0.25, 0.3) is 11.2 Å². The highest BCUT2D eigenvalue weighted by Crippen LogP contribution is 2.30. The number of nitrogens with two attached hydrogens (primary N) is 1. The Morgan fingerprint density at radius 1 is 1.24 bits per heavy atom. The van der Waals surface area contributed by atoms with Crippen molar-refractivity contribution < 1.29 is 4.92 Å². The molecule has 0 bridgehead atoms. The minimum Gasteiger partial charge on any atom is -0.382 e. The Bertz CT molecular complexity index is 1210. The highest BCUT2D eigenvalue weighted by atomic mass is 16.6. The van der Waals surface area contributed by atoms with E-state index in [0.717, 1.165) is 39.0 Å². The van der Waals surface area contributed by atoms with Crippen LogP contribution in [0.3, 0.4) is 0 Å². The number of likely N-dealkylation sites (N-methyl/N-ethyl adjacent to an activating group) is 1. The molecule has 0 amide bonds. The molecule has 12 heteroatoms. The Morgan fingerprint density at radius 3 is 2.70 bits per heavy atom.